The molecule has 0 bridgehead atoms. The first-order valence-electron chi connectivity index (χ1n) is 9.75. The average Bonchev–Trinajstić information content (AvgIpc) is 3.46. The van der Waals surface area contributed by atoms with Gasteiger partial charge < -0.3 is 10.5 Å². The zero-order chi connectivity index (χ0) is 20.4. The van der Waals surface area contributed by atoms with E-state index in [-0.39, 0.29) is 17.4 Å². The van der Waals surface area contributed by atoms with Crippen LogP contribution in [0.5, 0.6) is 5.75 Å². The molecule has 8 heteroatoms. The Balaban J connectivity index is 1.68. The summed E-state index contributed by atoms with van der Waals surface area (Å²) in [5, 5.41) is 0. The predicted molar refractivity (Wildman–Crippen MR) is 104 cm³/mol. The molecule has 1 amide bonds. The van der Waals surface area contributed by atoms with E-state index in [9.17, 15) is 9.18 Å². The number of guanidine groups is 1. The van der Waals surface area contributed by atoms with Gasteiger partial charge >= 0.3 is 0 Å². The monoisotopic (exact) mass is 395 g/mol. The number of aromatic nitrogens is 2. The number of likely N-dealkylation sites (N-methyl/N-ethyl adjacent to an activating group) is 1. The Labute approximate surface area is 167 Å². The fourth-order valence-corrected chi connectivity index (χ4v) is 4.55. The normalized spacial score (nSPS) is 28.3. The van der Waals surface area contributed by atoms with E-state index in [1.165, 1.54) is 23.9 Å². The number of halogens is 1. The van der Waals surface area contributed by atoms with E-state index in [4.69, 9.17) is 10.5 Å². The van der Waals surface area contributed by atoms with Crippen molar-refractivity contribution in [3.05, 3.63) is 42.1 Å². The van der Waals surface area contributed by atoms with Crippen LogP contribution in [0.4, 0.5) is 4.39 Å². The Kier molecular flexibility index (Phi) is 3.72. The molecule has 0 saturated heterocycles. The molecule has 2 aromatic heterocycles. The van der Waals surface area contributed by atoms with Gasteiger partial charge in [0.1, 0.15) is 11.4 Å². The summed E-state index contributed by atoms with van der Waals surface area (Å²) >= 11 is 0. The number of pyridine rings is 2. The number of nitrogens with zero attached hydrogens (tertiary/aromatic N) is 4. The molecule has 3 aliphatic rings. The summed E-state index contributed by atoms with van der Waals surface area (Å²) in [6.45, 7) is 2.02. The van der Waals surface area contributed by atoms with Crippen molar-refractivity contribution < 1.29 is 13.9 Å². The van der Waals surface area contributed by atoms with Crippen LogP contribution in [-0.2, 0) is 10.3 Å². The molecule has 29 heavy (non-hydrogen) atoms. The van der Waals surface area contributed by atoms with Gasteiger partial charge in [0, 0.05) is 25.2 Å². The highest BCUT2D eigenvalue weighted by Crippen LogP contribution is 2.52. The molecule has 1 saturated carbocycles. The van der Waals surface area contributed by atoms with Crippen LogP contribution in [0.25, 0.3) is 11.3 Å². The summed E-state index contributed by atoms with van der Waals surface area (Å²) in [5.41, 5.74) is 5.49. The number of carbonyl (C=O) groups is 1. The van der Waals surface area contributed by atoms with Gasteiger partial charge in [0.2, 0.25) is 5.95 Å². The van der Waals surface area contributed by atoms with Crippen molar-refractivity contribution in [1.29, 1.82) is 0 Å². The highest BCUT2D eigenvalue weighted by Gasteiger charge is 2.57. The Morgan fingerprint density at radius 2 is 2.17 bits per heavy atom. The van der Waals surface area contributed by atoms with Gasteiger partial charge in [-0.3, -0.25) is 14.7 Å². The number of aliphatic imine (C=N–C) groups is 1. The third-order valence-corrected chi connectivity index (χ3v) is 6.06. The van der Waals surface area contributed by atoms with Crippen molar-refractivity contribution in [3.8, 4) is 17.0 Å². The Bertz CT molecular complexity index is 1050. The first-order valence-corrected chi connectivity index (χ1v) is 9.75. The minimum atomic E-state index is -1.19. The van der Waals surface area contributed by atoms with Crippen molar-refractivity contribution in [2.24, 2.45) is 16.6 Å². The lowest BCUT2D eigenvalue weighted by Gasteiger charge is -2.43. The zero-order valence-electron chi connectivity index (χ0n) is 16.4. The van der Waals surface area contributed by atoms with Crippen LogP contribution in [0, 0.1) is 11.9 Å². The lowest BCUT2D eigenvalue weighted by Crippen LogP contribution is -2.50. The molecule has 0 radical (unpaired) electrons. The van der Waals surface area contributed by atoms with Gasteiger partial charge in [-0.2, -0.15) is 4.39 Å². The summed E-state index contributed by atoms with van der Waals surface area (Å²) in [4.78, 5) is 27.4. The molecule has 7 nitrogen and oxygen atoms in total. The fraction of sp³-hybridized carbons (Fsp3) is 0.429. The highest BCUT2D eigenvalue weighted by atomic mass is 19.1. The van der Waals surface area contributed by atoms with Crippen LogP contribution < -0.4 is 10.5 Å². The summed E-state index contributed by atoms with van der Waals surface area (Å²) in [6.07, 6.45) is 6.52. The second-order valence-corrected chi connectivity index (χ2v) is 8.48. The molecule has 2 unspecified atom stereocenters. The molecule has 2 N–H and O–H groups in total. The minimum Gasteiger partial charge on any atom is -0.485 e. The second-order valence-electron chi connectivity index (χ2n) is 8.48. The van der Waals surface area contributed by atoms with Crippen molar-refractivity contribution in [1.82, 2.24) is 14.9 Å². The SMILES string of the molecule is CN1C(=O)C2(CC(C)(CC3CC3)Oc3cnc(-c4cccnc4F)cc32)N=C1N. The molecule has 150 valence electrons. The smallest absolute Gasteiger partial charge is 0.261 e. The van der Waals surface area contributed by atoms with Gasteiger partial charge in [0.25, 0.3) is 5.91 Å². The number of hydrogen-bond donors (Lipinski definition) is 1. The highest BCUT2D eigenvalue weighted by molar-refractivity contribution is 6.07. The number of hydrogen-bond acceptors (Lipinski definition) is 6. The van der Waals surface area contributed by atoms with E-state index in [2.05, 4.69) is 15.0 Å². The molecule has 2 aromatic rings. The standard InChI is InChI=1S/C21H22FN5O2/c1-20(9-12-5-6-12)11-21(18(28)27(2)19(23)26-21)14-8-15(25-10-16(14)29-20)13-4-3-7-24-17(13)22/h3-4,7-8,10,12H,5-6,9,11H2,1-2H3,(H2,23,26). The number of rotatable bonds is 3. The first-order chi connectivity index (χ1) is 13.8. The van der Waals surface area contributed by atoms with Gasteiger partial charge in [-0.1, -0.05) is 12.8 Å². The molecule has 2 aliphatic heterocycles. The predicted octanol–water partition coefficient (Wildman–Crippen LogP) is 2.61. The molecular weight excluding hydrogens is 373 g/mol. The van der Waals surface area contributed by atoms with Gasteiger partial charge in [-0.05, 0) is 37.5 Å². The topological polar surface area (TPSA) is 93.7 Å². The van der Waals surface area contributed by atoms with Gasteiger partial charge in [-0.15, -0.1) is 0 Å². The number of nitrogens with two attached hydrogens (primary N) is 1. The average molecular weight is 395 g/mol. The van der Waals surface area contributed by atoms with Crippen LogP contribution in [0.15, 0.2) is 35.6 Å². The maximum absolute atomic E-state index is 14.2. The van der Waals surface area contributed by atoms with Crippen LogP contribution in [-0.4, -0.2) is 39.4 Å². The van der Waals surface area contributed by atoms with Crippen molar-refractivity contribution in [2.75, 3.05) is 7.05 Å². The first kappa shape index (κ1) is 18.0. The minimum absolute atomic E-state index is 0.169. The van der Waals surface area contributed by atoms with Gasteiger partial charge in [-0.25, -0.2) is 9.98 Å². The molecule has 1 fully saturated rings. The molecule has 2 atom stereocenters. The number of ether oxygens (including phenoxy) is 1. The van der Waals surface area contributed by atoms with Crippen molar-refractivity contribution in [3.63, 3.8) is 0 Å². The van der Waals surface area contributed by atoms with E-state index in [1.54, 1.807) is 31.4 Å². The van der Waals surface area contributed by atoms with E-state index >= 15 is 0 Å². The van der Waals surface area contributed by atoms with Gasteiger partial charge in [0.05, 0.1) is 17.5 Å². The maximum atomic E-state index is 14.2. The molecule has 0 aromatic carbocycles. The number of amides is 1. The largest absolute Gasteiger partial charge is 0.485 e. The summed E-state index contributed by atoms with van der Waals surface area (Å²) < 4.78 is 20.6. The maximum Gasteiger partial charge on any atom is 0.261 e. The number of fused-ring (bicyclic) bond motifs is 2. The lowest BCUT2D eigenvalue weighted by atomic mass is 9.75. The van der Waals surface area contributed by atoms with Crippen molar-refractivity contribution in [2.45, 2.75) is 43.7 Å². The third kappa shape index (κ3) is 2.77. The van der Waals surface area contributed by atoms with E-state index < -0.39 is 17.1 Å². The third-order valence-electron chi connectivity index (χ3n) is 6.06. The number of carbonyl (C=O) groups excluding carboxylic acids is 1. The zero-order valence-corrected chi connectivity index (χ0v) is 16.4. The molecule has 1 aliphatic carbocycles. The molecule has 5 rings (SSSR count). The van der Waals surface area contributed by atoms with E-state index in [0.29, 0.717) is 29.3 Å². The Morgan fingerprint density at radius 1 is 1.38 bits per heavy atom. The second kappa shape index (κ2) is 5.98. The van der Waals surface area contributed by atoms with E-state index in [0.717, 1.165) is 6.42 Å². The summed E-state index contributed by atoms with van der Waals surface area (Å²) in [5.74, 6) is 0.439. The quantitative estimate of drug-likeness (QED) is 0.807. The molecular formula is C21H22FN5O2. The Morgan fingerprint density at radius 3 is 2.83 bits per heavy atom. The van der Waals surface area contributed by atoms with Crippen LogP contribution in [0.2, 0.25) is 0 Å². The van der Waals surface area contributed by atoms with Crippen LogP contribution >= 0.6 is 0 Å². The van der Waals surface area contributed by atoms with E-state index in [1.807, 2.05) is 6.92 Å². The molecule has 1 spiro atoms. The lowest BCUT2D eigenvalue weighted by molar-refractivity contribution is -0.134. The Hall–Kier alpha value is -3.03. The molecule has 4 heterocycles. The summed E-state index contributed by atoms with van der Waals surface area (Å²) in [6, 6.07) is 4.92. The van der Waals surface area contributed by atoms with Gasteiger partial charge in [0.15, 0.2) is 11.5 Å². The van der Waals surface area contributed by atoms with Crippen molar-refractivity contribution >= 4 is 11.9 Å². The van der Waals surface area contributed by atoms with Crippen LogP contribution in [0.1, 0.15) is 38.2 Å². The fourth-order valence-electron chi connectivity index (χ4n) is 4.55. The summed E-state index contributed by atoms with van der Waals surface area (Å²) in [7, 11) is 1.62. The van der Waals surface area contributed by atoms with Crippen LogP contribution in [0.3, 0.4) is 0 Å².